The Hall–Kier alpha value is -2.41. The van der Waals surface area contributed by atoms with Gasteiger partial charge in [-0.1, -0.05) is 50.5 Å². The maximum atomic E-state index is 13.8. The van der Waals surface area contributed by atoms with Crippen LogP contribution in [0.25, 0.3) is 0 Å². The summed E-state index contributed by atoms with van der Waals surface area (Å²) in [7, 11) is 1.72. The third kappa shape index (κ3) is 6.38. The highest BCUT2D eigenvalue weighted by Crippen LogP contribution is 2.30. The number of nitrogens with zero attached hydrogens (tertiary/aromatic N) is 1. The number of likely N-dealkylation sites (N-methyl/N-ethyl adjacent to an activating group) is 2. The molecule has 3 unspecified atom stereocenters. The number of hydrogen-bond acceptors (Lipinski definition) is 4. The molecule has 1 fully saturated rings. The van der Waals surface area contributed by atoms with Crippen LogP contribution < -0.4 is 16.0 Å². The van der Waals surface area contributed by atoms with Gasteiger partial charge in [0.25, 0.3) is 0 Å². The summed E-state index contributed by atoms with van der Waals surface area (Å²) in [4.78, 5) is 41.4. The van der Waals surface area contributed by atoms with Crippen molar-refractivity contribution in [2.75, 3.05) is 20.1 Å². The first-order chi connectivity index (χ1) is 16.5. The average molecular weight is 471 g/mol. The van der Waals surface area contributed by atoms with Crippen LogP contribution in [0.4, 0.5) is 0 Å². The molecule has 3 atom stereocenters. The lowest BCUT2D eigenvalue weighted by Gasteiger charge is -2.37. The summed E-state index contributed by atoms with van der Waals surface area (Å²) in [5.41, 5.74) is 2.48. The standard InChI is InChI=1S/C27H42N4O3/c1-4-23(26(33)29-22-17-11-15-19-12-9-10-16-21(19)22)31(5-2)27(34)25(30-24(32)18-28-3)20-13-7-6-8-14-20/h9-10,12,16,20,22-23,25,28H,4-8,11,13-15,17-18H2,1-3H3,(H,29,33)(H,30,32). The maximum absolute atomic E-state index is 13.8. The van der Waals surface area contributed by atoms with Gasteiger partial charge in [0.1, 0.15) is 12.1 Å². The van der Waals surface area contributed by atoms with Gasteiger partial charge >= 0.3 is 0 Å². The van der Waals surface area contributed by atoms with Gasteiger partial charge in [-0.2, -0.15) is 0 Å². The van der Waals surface area contributed by atoms with Crippen LogP contribution in [0.3, 0.4) is 0 Å². The van der Waals surface area contributed by atoms with Crippen molar-refractivity contribution >= 4 is 17.7 Å². The van der Waals surface area contributed by atoms with Gasteiger partial charge in [0.05, 0.1) is 12.6 Å². The molecule has 0 radical (unpaired) electrons. The molecule has 1 aromatic carbocycles. The predicted molar refractivity (Wildman–Crippen MR) is 134 cm³/mol. The fraction of sp³-hybridized carbons (Fsp3) is 0.667. The second-order valence-electron chi connectivity index (χ2n) is 9.67. The van der Waals surface area contributed by atoms with Crippen LogP contribution in [0, 0.1) is 5.92 Å². The minimum atomic E-state index is -0.585. The number of fused-ring (bicyclic) bond motifs is 1. The van der Waals surface area contributed by atoms with Gasteiger partial charge in [0, 0.05) is 6.54 Å². The Kier molecular flexibility index (Phi) is 9.93. The summed E-state index contributed by atoms with van der Waals surface area (Å²) in [6, 6.07) is 7.13. The zero-order valence-corrected chi connectivity index (χ0v) is 21.1. The Morgan fingerprint density at radius 2 is 1.76 bits per heavy atom. The van der Waals surface area contributed by atoms with Gasteiger partial charge in [-0.25, -0.2) is 0 Å². The molecule has 0 saturated heterocycles. The summed E-state index contributed by atoms with van der Waals surface area (Å²) in [6.07, 6.45) is 8.67. The summed E-state index contributed by atoms with van der Waals surface area (Å²) in [5.74, 6) is -0.311. The van der Waals surface area contributed by atoms with Crippen LogP contribution in [0.1, 0.15) is 82.4 Å². The lowest BCUT2D eigenvalue weighted by atomic mass is 9.83. The van der Waals surface area contributed by atoms with Crippen molar-refractivity contribution in [3.05, 3.63) is 35.4 Å². The van der Waals surface area contributed by atoms with Crippen molar-refractivity contribution in [3.8, 4) is 0 Å². The molecule has 3 rings (SSSR count). The van der Waals surface area contributed by atoms with Crippen LogP contribution in [0.15, 0.2) is 24.3 Å². The van der Waals surface area contributed by atoms with Crippen molar-refractivity contribution in [1.82, 2.24) is 20.9 Å². The van der Waals surface area contributed by atoms with Crippen molar-refractivity contribution < 1.29 is 14.4 Å². The molecule has 1 aromatic rings. The first-order valence-electron chi connectivity index (χ1n) is 13.1. The van der Waals surface area contributed by atoms with Crippen molar-refractivity contribution in [1.29, 1.82) is 0 Å². The molecule has 7 nitrogen and oxygen atoms in total. The van der Waals surface area contributed by atoms with E-state index >= 15 is 0 Å². The molecule has 1 saturated carbocycles. The quantitative estimate of drug-likeness (QED) is 0.490. The van der Waals surface area contributed by atoms with Crippen LogP contribution in [-0.2, 0) is 20.8 Å². The van der Waals surface area contributed by atoms with Gasteiger partial charge in [0.15, 0.2) is 0 Å². The molecular weight excluding hydrogens is 428 g/mol. The minimum absolute atomic E-state index is 0.0234. The van der Waals surface area contributed by atoms with Crippen molar-refractivity contribution in [2.45, 2.75) is 89.8 Å². The Balaban J connectivity index is 1.77. The third-order valence-corrected chi connectivity index (χ3v) is 7.42. The van der Waals surface area contributed by atoms with Gasteiger partial charge in [0.2, 0.25) is 17.7 Å². The second-order valence-corrected chi connectivity index (χ2v) is 9.67. The lowest BCUT2D eigenvalue weighted by Crippen LogP contribution is -2.58. The normalized spacial score (nSPS) is 20.0. The van der Waals surface area contributed by atoms with Crippen LogP contribution >= 0.6 is 0 Å². The largest absolute Gasteiger partial charge is 0.347 e. The number of hydrogen-bond donors (Lipinski definition) is 3. The van der Waals surface area contributed by atoms with Gasteiger partial charge < -0.3 is 20.9 Å². The number of carbonyl (C=O) groups is 3. The Morgan fingerprint density at radius 3 is 2.44 bits per heavy atom. The highest BCUT2D eigenvalue weighted by atomic mass is 16.2. The number of carbonyl (C=O) groups excluding carboxylic acids is 3. The van der Waals surface area contributed by atoms with E-state index in [-0.39, 0.29) is 36.2 Å². The summed E-state index contributed by atoms with van der Waals surface area (Å²) in [5, 5.41) is 9.10. The highest BCUT2D eigenvalue weighted by Gasteiger charge is 2.38. The van der Waals surface area contributed by atoms with E-state index < -0.39 is 12.1 Å². The molecule has 0 heterocycles. The monoisotopic (exact) mass is 470 g/mol. The minimum Gasteiger partial charge on any atom is -0.347 e. The zero-order valence-electron chi connectivity index (χ0n) is 21.1. The van der Waals surface area contributed by atoms with E-state index in [9.17, 15) is 14.4 Å². The molecule has 3 amide bonds. The first kappa shape index (κ1) is 26.2. The fourth-order valence-electron chi connectivity index (χ4n) is 5.66. The second kappa shape index (κ2) is 12.9. The maximum Gasteiger partial charge on any atom is 0.246 e. The predicted octanol–water partition coefficient (Wildman–Crippen LogP) is 3.09. The number of amides is 3. The molecular formula is C27H42N4O3. The average Bonchev–Trinajstić information content (AvgIpc) is 2.86. The number of aryl methyl sites for hydroxylation is 1. The molecule has 0 bridgehead atoms. The van der Waals surface area contributed by atoms with Crippen molar-refractivity contribution in [3.63, 3.8) is 0 Å². The number of nitrogens with one attached hydrogen (secondary N) is 3. The molecule has 188 valence electrons. The van der Waals surface area contributed by atoms with E-state index in [4.69, 9.17) is 0 Å². The van der Waals surface area contributed by atoms with E-state index in [1.54, 1.807) is 11.9 Å². The summed E-state index contributed by atoms with van der Waals surface area (Å²) in [6.45, 7) is 4.46. The van der Waals surface area contributed by atoms with Gasteiger partial charge in [-0.15, -0.1) is 0 Å². The smallest absolute Gasteiger partial charge is 0.246 e. The Labute approximate surface area is 204 Å². The molecule has 7 heteroatoms. The topological polar surface area (TPSA) is 90.5 Å². The summed E-state index contributed by atoms with van der Waals surface area (Å²) >= 11 is 0. The van der Waals surface area contributed by atoms with Crippen LogP contribution in [0.5, 0.6) is 0 Å². The van der Waals surface area contributed by atoms with Crippen molar-refractivity contribution in [2.24, 2.45) is 5.92 Å². The zero-order chi connectivity index (χ0) is 24.5. The number of benzene rings is 1. The molecule has 2 aliphatic rings. The number of rotatable bonds is 10. The Bertz CT molecular complexity index is 837. The van der Waals surface area contributed by atoms with Gasteiger partial charge in [-0.05, 0) is 69.5 Å². The molecule has 34 heavy (non-hydrogen) atoms. The Morgan fingerprint density at radius 1 is 1.03 bits per heavy atom. The summed E-state index contributed by atoms with van der Waals surface area (Å²) < 4.78 is 0. The highest BCUT2D eigenvalue weighted by molar-refractivity contribution is 5.92. The van der Waals surface area contributed by atoms with E-state index in [1.807, 2.05) is 26.0 Å². The molecule has 2 aliphatic carbocycles. The van der Waals surface area contributed by atoms with Crippen LogP contribution in [-0.4, -0.2) is 54.8 Å². The lowest BCUT2D eigenvalue weighted by molar-refractivity contribution is -0.145. The molecule has 0 aromatic heterocycles. The van der Waals surface area contributed by atoms with Gasteiger partial charge in [-0.3, -0.25) is 14.4 Å². The van der Waals surface area contributed by atoms with E-state index in [1.165, 1.54) is 17.5 Å². The molecule has 0 spiro atoms. The van der Waals surface area contributed by atoms with E-state index in [0.717, 1.165) is 44.9 Å². The SMILES string of the molecule is CCC(C(=O)NC1CCCc2ccccc21)N(CC)C(=O)C(NC(=O)CNC)C1CCCCC1. The van der Waals surface area contributed by atoms with E-state index in [0.29, 0.717) is 13.0 Å². The molecule has 3 N–H and O–H groups in total. The fourth-order valence-corrected chi connectivity index (χ4v) is 5.66. The third-order valence-electron chi connectivity index (χ3n) is 7.42. The first-order valence-corrected chi connectivity index (χ1v) is 13.1. The molecule has 0 aliphatic heterocycles. The van der Waals surface area contributed by atoms with E-state index in [2.05, 4.69) is 28.1 Å². The van der Waals surface area contributed by atoms with Crippen LogP contribution in [0.2, 0.25) is 0 Å².